The fourth-order valence-corrected chi connectivity index (χ4v) is 2.37. The van der Waals surface area contributed by atoms with E-state index in [1.807, 2.05) is 0 Å². The lowest BCUT2D eigenvalue weighted by Gasteiger charge is -2.09. The van der Waals surface area contributed by atoms with Crippen LogP contribution in [0.4, 0.5) is 0 Å². The number of allylic oxidation sites excluding steroid dienone is 1. The Morgan fingerprint density at radius 1 is 1.32 bits per heavy atom. The van der Waals surface area contributed by atoms with Gasteiger partial charge in [0.25, 0.3) is 0 Å². The molecule has 19 heavy (non-hydrogen) atoms. The van der Waals surface area contributed by atoms with Crippen molar-refractivity contribution in [2.75, 3.05) is 0 Å². The second-order valence-electron chi connectivity index (χ2n) is 5.38. The molecule has 1 aromatic rings. The summed E-state index contributed by atoms with van der Waals surface area (Å²) in [6, 6.07) is 8.71. The molecular weight excluding hydrogens is 228 g/mol. The minimum absolute atomic E-state index is 0.478. The standard InChI is InChI=1S/C19H26/c1-5-10-17(6-2)11-7-8-12-18-13-9-14-19(15-18)16(3)4/h2,9,13-15,17H,3,5,7-8,10-12H2,1,4H3. The highest BCUT2D eigenvalue weighted by molar-refractivity contribution is 5.61. The van der Waals surface area contributed by atoms with E-state index in [9.17, 15) is 0 Å². The first-order chi connectivity index (χ1) is 9.17. The van der Waals surface area contributed by atoms with E-state index in [1.54, 1.807) is 0 Å². The molecule has 0 saturated heterocycles. The van der Waals surface area contributed by atoms with Crippen LogP contribution in [0.25, 0.3) is 5.57 Å². The van der Waals surface area contributed by atoms with Crippen molar-refractivity contribution in [2.24, 2.45) is 5.92 Å². The highest BCUT2D eigenvalue weighted by atomic mass is 14.1. The van der Waals surface area contributed by atoms with E-state index in [0.29, 0.717) is 5.92 Å². The molecule has 0 aliphatic heterocycles. The predicted molar refractivity (Wildman–Crippen MR) is 85.9 cm³/mol. The molecule has 0 nitrogen and oxygen atoms in total. The number of hydrogen-bond acceptors (Lipinski definition) is 0. The largest absolute Gasteiger partial charge is 0.120 e. The summed E-state index contributed by atoms with van der Waals surface area (Å²) >= 11 is 0. The third-order valence-electron chi connectivity index (χ3n) is 3.56. The molecule has 0 spiro atoms. The maximum absolute atomic E-state index is 5.55. The van der Waals surface area contributed by atoms with Crippen molar-refractivity contribution < 1.29 is 0 Å². The zero-order valence-corrected chi connectivity index (χ0v) is 12.4. The van der Waals surface area contributed by atoms with Crippen molar-refractivity contribution >= 4 is 5.57 Å². The summed E-state index contributed by atoms with van der Waals surface area (Å²) in [5, 5.41) is 0. The van der Waals surface area contributed by atoms with Gasteiger partial charge in [0.2, 0.25) is 0 Å². The highest BCUT2D eigenvalue weighted by Gasteiger charge is 2.03. The highest BCUT2D eigenvalue weighted by Crippen LogP contribution is 2.17. The van der Waals surface area contributed by atoms with Crippen molar-refractivity contribution in [3.63, 3.8) is 0 Å². The lowest BCUT2D eigenvalue weighted by molar-refractivity contribution is 0.519. The lowest BCUT2D eigenvalue weighted by Crippen LogP contribution is -1.97. The molecule has 0 aliphatic carbocycles. The number of unbranched alkanes of at least 4 members (excludes halogenated alkanes) is 1. The number of aryl methyl sites for hydroxylation is 1. The van der Waals surface area contributed by atoms with Crippen LogP contribution in [0.5, 0.6) is 0 Å². The maximum atomic E-state index is 5.55. The monoisotopic (exact) mass is 254 g/mol. The van der Waals surface area contributed by atoms with Gasteiger partial charge < -0.3 is 0 Å². The van der Waals surface area contributed by atoms with Crippen LogP contribution in [0.2, 0.25) is 0 Å². The van der Waals surface area contributed by atoms with E-state index in [0.717, 1.165) is 12.0 Å². The summed E-state index contributed by atoms with van der Waals surface area (Å²) in [7, 11) is 0. The first-order valence-electron chi connectivity index (χ1n) is 7.38. The Bertz CT molecular complexity index is 434. The summed E-state index contributed by atoms with van der Waals surface area (Å²) in [6.45, 7) is 8.25. The Labute approximate surface area is 118 Å². The summed E-state index contributed by atoms with van der Waals surface area (Å²) in [5.74, 6) is 3.39. The van der Waals surface area contributed by atoms with Crippen molar-refractivity contribution in [3.8, 4) is 12.3 Å². The van der Waals surface area contributed by atoms with E-state index in [2.05, 4.69) is 50.6 Å². The van der Waals surface area contributed by atoms with Gasteiger partial charge in [-0.1, -0.05) is 56.2 Å². The van der Waals surface area contributed by atoms with Crippen molar-refractivity contribution in [1.82, 2.24) is 0 Å². The molecule has 0 aliphatic rings. The average molecular weight is 254 g/mol. The molecule has 0 amide bonds. The van der Waals surface area contributed by atoms with Crippen LogP contribution in [0.15, 0.2) is 30.8 Å². The predicted octanol–water partition coefficient (Wildman–Crippen LogP) is 5.48. The molecular formula is C19H26. The van der Waals surface area contributed by atoms with Gasteiger partial charge in [0, 0.05) is 5.92 Å². The van der Waals surface area contributed by atoms with E-state index < -0.39 is 0 Å². The molecule has 0 saturated carbocycles. The molecule has 0 bridgehead atoms. The van der Waals surface area contributed by atoms with Gasteiger partial charge in [-0.25, -0.2) is 0 Å². The second-order valence-corrected chi connectivity index (χ2v) is 5.38. The summed E-state index contributed by atoms with van der Waals surface area (Å²) in [5.41, 5.74) is 3.80. The quantitative estimate of drug-likeness (QED) is 0.425. The van der Waals surface area contributed by atoms with Gasteiger partial charge in [0.15, 0.2) is 0 Å². The van der Waals surface area contributed by atoms with Crippen LogP contribution in [0.3, 0.4) is 0 Å². The lowest BCUT2D eigenvalue weighted by atomic mass is 9.96. The third-order valence-corrected chi connectivity index (χ3v) is 3.56. The Balaban J connectivity index is 2.35. The summed E-state index contributed by atoms with van der Waals surface area (Å²) in [6.07, 6.45) is 12.7. The Morgan fingerprint density at radius 2 is 2.11 bits per heavy atom. The van der Waals surface area contributed by atoms with Gasteiger partial charge in [-0.3, -0.25) is 0 Å². The van der Waals surface area contributed by atoms with Gasteiger partial charge in [0.05, 0.1) is 0 Å². The van der Waals surface area contributed by atoms with Crippen LogP contribution >= 0.6 is 0 Å². The summed E-state index contributed by atoms with van der Waals surface area (Å²) < 4.78 is 0. The Hall–Kier alpha value is -1.48. The maximum Gasteiger partial charge on any atom is 0.0200 e. The molecule has 0 N–H and O–H groups in total. The minimum atomic E-state index is 0.478. The fraction of sp³-hybridized carbons (Fsp3) is 0.474. The smallest absolute Gasteiger partial charge is 0.0200 e. The first kappa shape index (κ1) is 15.6. The summed E-state index contributed by atoms with van der Waals surface area (Å²) in [4.78, 5) is 0. The van der Waals surface area contributed by atoms with Gasteiger partial charge in [-0.15, -0.1) is 12.3 Å². The third kappa shape index (κ3) is 5.79. The van der Waals surface area contributed by atoms with Crippen molar-refractivity contribution in [1.29, 1.82) is 0 Å². The van der Waals surface area contributed by atoms with Crippen LogP contribution in [-0.2, 0) is 6.42 Å². The van der Waals surface area contributed by atoms with Gasteiger partial charge in [-0.2, -0.15) is 0 Å². The number of benzene rings is 1. The molecule has 1 aromatic carbocycles. The molecule has 0 aromatic heterocycles. The Morgan fingerprint density at radius 3 is 2.74 bits per heavy atom. The molecule has 1 unspecified atom stereocenters. The molecule has 0 radical (unpaired) electrons. The topological polar surface area (TPSA) is 0 Å². The molecule has 0 fully saturated rings. The van der Waals surface area contributed by atoms with Gasteiger partial charge in [0.1, 0.15) is 0 Å². The number of terminal acetylenes is 1. The van der Waals surface area contributed by atoms with Crippen LogP contribution in [0.1, 0.15) is 57.1 Å². The SMILES string of the molecule is C#CC(CCC)CCCCc1cccc(C(=C)C)c1. The van der Waals surface area contributed by atoms with Crippen LogP contribution < -0.4 is 0 Å². The number of rotatable bonds is 8. The van der Waals surface area contributed by atoms with Crippen LogP contribution in [-0.4, -0.2) is 0 Å². The minimum Gasteiger partial charge on any atom is -0.120 e. The number of hydrogen-bond donors (Lipinski definition) is 0. The average Bonchev–Trinajstić information content (AvgIpc) is 2.42. The first-order valence-corrected chi connectivity index (χ1v) is 7.38. The second kappa shape index (κ2) is 8.59. The van der Waals surface area contributed by atoms with E-state index in [1.165, 1.54) is 43.2 Å². The van der Waals surface area contributed by atoms with Gasteiger partial charge in [-0.05, 0) is 43.7 Å². The molecule has 102 valence electrons. The van der Waals surface area contributed by atoms with Crippen molar-refractivity contribution in [2.45, 2.75) is 52.4 Å². The zero-order valence-electron chi connectivity index (χ0n) is 12.4. The molecule has 1 rings (SSSR count). The fourth-order valence-electron chi connectivity index (χ4n) is 2.37. The normalized spacial score (nSPS) is 11.8. The van der Waals surface area contributed by atoms with Gasteiger partial charge >= 0.3 is 0 Å². The van der Waals surface area contributed by atoms with Crippen molar-refractivity contribution in [3.05, 3.63) is 42.0 Å². The van der Waals surface area contributed by atoms with E-state index in [4.69, 9.17) is 6.42 Å². The molecule has 0 heterocycles. The molecule has 0 heteroatoms. The van der Waals surface area contributed by atoms with E-state index in [-0.39, 0.29) is 0 Å². The van der Waals surface area contributed by atoms with Crippen LogP contribution in [0, 0.1) is 18.3 Å². The Kier molecular flexibility index (Phi) is 7.04. The zero-order chi connectivity index (χ0) is 14.1. The molecule has 1 atom stereocenters. The van der Waals surface area contributed by atoms with E-state index >= 15 is 0 Å².